The van der Waals surface area contributed by atoms with Crippen LogP contribution in [-0.2, 0) is 22.8 Å². The second-order valence-corrected chi connectivity index (χ2v) is 5.59. The number of aryl methyl sites for hydroxylation is 2. The molecule has 0 spiro atoms. The monoisotopic (exact) mass is 227 g/mol. The zero-order chi connectivity index (χ0) is 11.5. The van der Waals surface area contributed by atoms with Crippen molar-refractivity contribution in [2.75, 3.05) is 12.0 Å². The van der Waals surface area contributed by atoms with Crippen LogP contribution in [0.15, 0.2) is 6.07 Å². The summed E-state index contributed by atoms with van der Waals surface area (Å²) in [7, 11) is -2.97. The highest BCUT2D eigenvalue weighted by Crippen LogP contribution is 2.05. The molecule has 1 aromatic rings. The number of rotatable bonds is 4. The molecule has 0 radical (unpaired) electrons. The fraction of sp³-hybridized carbons (Fsp3) is 0.556. The van der Waals surface area contributed by atoms with E-state index in [-0.39, 0.29) is 5.75 Å². The third-order valence-corrected chi connectivity index (χ3v) is 2.95. The van der Waals surface area contributed by atoms with E-state index in [1.54, 1.807) is 10.7 Å². The molecule has 0 fully saturated rings. The summed E-state index contributed by atoms with van der Waals surface area (Å²) in [5.41, 5.74) is 1.12. The Morgan fingerprint density at radius 2 is 2.27 bits per heavy atom. The van der Waals surface area contributed by atoms with E-state index in [0.29, 0.717) is 18.7 Å². The first-order valence-corrected chi connectivity index (χ1v) is 6.67. The summed E-state index contributed by atoms with van der Waals surface area (Å²) in [4.78, 5) is 0. The molecule has 1 heterocycles. The quantitative estimate of drug-likeness (QED) is 0.744. The van der Waals surface area contributed by atoms with Gasteiger partial charge in [-0.15, -0.1) is 0 Å². The van der Waals surface area contributed by atoms with Crippen LogP contribution in [0.1, 0.15) is 18.3 Å². The van der Waals surface area contributed by atoms with Gasteiger partial charge >= 0.3 is 0 Å². The summed E-state index contributed by atoms with van der Waals surface area (Å²) in [6.07, 6.45) is 1.60. The Hall–Kier alpha value is -1.35. The summed E-state index contributed by atoms with van der Waals surface area (Å²) in [6, 6.07) is 3.57. The lowest BCUT2D eigenvalue weighted by Crippen LogP contribution is -2.10. The molecule has 0 bridgehead atoms. The summed E-state index contributed by atoms with van der Waals surface area (Å²) in [6.45, 7) is 2.54. The van der Waals surface area contributed by atoms with Crippen LogP contribution in [-0.4, -0.2) is 30.2 Å². The van der Waals surface area contributed by atoms with Crippen LogP contribution in [0.25, 0.3) is 0 Å². The summed E-state index contributed by atoms with van der Waals surface area (Å²) < 4.78 is 23.6. The Balaban J connectivity index is 2.85. The molecule has 82 valence electrons. The maximum absolute atomic E-state index is 11.0. The second-order valence-electron chi connectivity index (χ2n) is 3.33. The SMILES string of the molecule is CCn1nc(C#N)cc1CCS(C)(=O)=O. The third-order valence-electron chi connectivity index (χ3n) is 2.01. The normalized spacial score (nSPS) is 11.3. The average Bonchev–Trinajstić information content (AvgIpc) is 2.56. The highest BCUT2D eigenvalue weighted by molar-refractivity contribution is 7.90. The Bertz CT molecular complexity index is 482. The van der Waals surface area contributed by atoms with Gasteiger partial charge in [0.2, 0.25) is 0 Å². The average molecular weight is 227 g/mol. The van der Waals surface area contributed by atoms with Crippen LogP contribution in [0.5, 0.6) is 0 Å². The molecular formula is C9H13N3O2S. The molecule has 5 nitrogen and oxygen atoms in total. The van der Waals surface area contributed by atoms with Gasteiger partial charge in [0, 0.05) is 24.9 Å². The molecule has 0 aliphatic heterocycles. The first-order valence-electron chi connectivity index (χ1n) is 4.61. The van der Waals surface area contributed by atoms with E-state index in [2.05, 4.69) is 5.10 Å². The van der Waals surface area contributed by atoms with Gasteiger partial charge in [-0.1, -0.05) is 0 Å². The molecule has 0 amide bonds. The minimum Gasteiger partial charge on any atom is -0.269 e. The number of hydrogen-bond donors (Lipinski definition) is 0. The summed E-state index contributed by atoms with van der Waals surface area (Å²) in [5, 5.41) is 12.7. The minimum absolute atomic E-state index is 0.0869. The zero-order valence-electron chi connectivity index (χ0n) is 8.77. The predicted molar refractivity (Wildman–Crippen MR) is 56.0 cm³/mol. The number of hydrogen-bond acceptors (Lipinski definition) is 4. The van der Waals surface area contributed by atoms with Gasteiger partial charge in [-0.05, 0) is 13.0 Å². The largest absolute Gasteiger partial charge is 0.269 e. The van der Waals surface area contributed by atoms with Gasteiger partial charge < -0.3 is 0 Å². The molecule has 0 aliphatic rings. The van der Waals surface area contributed by atoms with Crippen molar-refractivity contribution in [2.24, 2.45) is 0 Å². The van der Waals surface area contributed by atoms with Crippen molar-refractivity contribution in [1.29, 1.82) is 5.26 Å². The molecule has 0 N–H and O–H groups in total. The minimum atomic E-state index is -2.97. The molecule has 0 aliphatic carbocycles. The lowest BCUT2D eigenvalue weighted by atomic mass is 10.3. The Labute approximate surface area is 89.2 Å². The first-order chi connectivity index (χ1) is 6.96. The van der Waals surface area contributed by atoms with E-state index in [1.807, 2.05) is 13.0 Å². The van der Waals surface area contributed by atoms with Crippen molar-refractivity contribution in [2.45, 2.75) is 19.9 Å². The second kappa shape index (κ2) is 4.45. The fourth-order valence-electron chi connectivity index (χ4n) is 1.28. The predicted octanol–water partition coefficient (Wildman–Crippen LogP) is 0.362. The van der Waals surface area contributed by atoms with Gasteiger partial charge in [0.25, 0.3) is 0 Å². The van der Waals surface area contributed by atoms with Crippen LogP contribution in [0.4, 0.5) is 0 Å². The molecule has 0 saturated heterocycles. The van der Waals surface area contributed by atoms with Crippen molar-refractivity contribution < 1.29 is 8.42 Å². The summed E-state index contributed by atoms with van der Waals surface area (Å²) in [5.74, 6) is 0.0869. The Morgan fingerprint density at radius 1 is 1.60 bits per heavy atom. The van der Waals surface area contributed by atoms with Gasteiger partial charge in [-0.3, -0.25) is 4.68 Å². The first kappa shape index (κ1) is 11.7. The van der Waals surface area contributed by atoms with Crippen molar-refractivity contribution in [1.82, 2.24) is 9.78 Å². The molecule has 1 rings (SSSR count). The highest BCUT2D eigenvalue weighted by atomic mass is 32.2. The van der Waals surface area contributed by atoms with Crippen molar-refractivity contribution in [3.05, 3.63) is 17.5 Å². The van der Waals surface area contributed by atoms with Gasteiger partial charge in [-0.2, -0.15) is 10.4 Å². The molecule has 6 heteroatoms. The standard InChI is InChI=1S/C9H13N3O2S/c1-3-12-9(4-5-15(2,13)14)6-8(7-10)11-12/h6H,3-5H2,1-2H3. The number of sulfone groups is 1. The fourth-order valence-corrected chi connectivity index (χ4v) is 1.86. The van der Waals surface area contributed by atoms with Gasteiger partial charge in [0.1, 0.15) is 15.9 Å². The number of nitrogens with zero attached hydrogens (tertiary/aromatic N) is 3. The van der Waals surface area contributed by atoms with Gasteiger partial charge in [-0.25, -0.2) is 8.42 Å². The smallest absolute Gasteiger partial charge is 0.162 e. The zero-order valence-corrected chi connectivity index (χ0v) is 9.58. The molecule has 1 aromatic heterocycles. The van der Waals surface area contributed by atoms with E-state index in [4.69, 9.17) is 5.26 Å². The topological polar surface area (TPSA) is 75.8 Å². The molecule has 0 aromatic carbocycles. The lowest BCUT2D eigenvalue weighted by molar-refractivity contribution is 0.594. The van der Waals surface area contributed by atoms with Gasteiger partial charge in [0.15, 0.2) is 5.69 Å². The number of nitriles is 1. The van der Waals surface area contributed by atoms with Crippen LogP contribution >= 0.6 is 0 Å². The Kier molecular flexibility index (Phi) is 3.48. The highest BCUT2D eigenvalue weighted by Gasteiger charge is 2.09. The third kappa shape index (κ3) is 3.36. The van der Waals surface area contributed by atoms with Crippen LogP contribution in [0.2, 0.25) is 0 Å². The molecule has 0 saturated carbocycles. The summed E-state index contributed by atoms with van der Waals surface area (Å²) >= 11 is 0. The van der Waals surface area contributed by atoms with E-state index < -0.39 is 9.84 Å². The van der Waals surface area contributed by atoms with Crippen molar-refractivity contribution >= 4 is 9.84 Å². The maximum atomic E-state index is 11.0. The van der Waals surface area contributed by atoms with Crippen LogP contribution < -0.4 is 0 Å². The molecular weight excluding hydrogens is 214 g/mol. The molecule has 15 heavy (non-hydrogen) atoms. The molecule has 0 unspecified atom stereocenters. The van der Waals surface area contributed by atoms with Crippen LogP contribution in [0.3, 0.4) is 0 Å². The van der Waals surface area contributed by atoms with E-state index in [1.165, 1.54) is 6.26 Å². The van der Waals surface area contributed by atoms with Crippen molar-refractivity contribution in [3.63, 3.8) is 0 Å². The lowest BCUT2D eigenvalue weighted by Gasteiger charge is -2.02. The molecule has 0 atom stereocenters. The van der Waals surface area contributed by atoms with Gasteiger partial charge in [0.05, 0.1) is 5.75 Å². The van der Waals surface area contributed by atoms with E-state index >= 15 is 0 Å². The maximum Gasteiger partial charge on any atom is 0.162 e. The van der Waals surface area contributed by atoms with E-state index in [9.17, 15) is 8.42 Å². The number of aromatic nitrogens is 2. The van der Waals surface area contributed by atoms with E-state index in [0.717, 1.165) is 5.69 Å². The Morgan fingerprint density at radius 3 is 2.73 bits per heavy atom. The van der Waals surface area contributed by atoms with Crippen molar-refractivity contribution in [3.8, 4) is 6.07 Å². The van der Waals surface area contributed by atoms with Crippen LogP contribution in [0, 0.1) is 11.3 Å².